The molecule has 0 bridgehead atoms. The molecule has 0 aliphatic carbocycles. The number of rotatable bonds is 3. The molecule has 0 unspecified atom stereocenters. The molecule has 0 spiro atoms. The lowest BCUT2D eigenvalue weighted by Gasteiger charge is -2.13. The first-order valence-corrected chi connectivity index (χ1v) is 5.36. The van der Waals surface area contributed by atoms with E-state index in [1.165, 1.54) is 23.1 Å². The van der Waals surface area contributed by atoms with Gasteiger partial charge in [0.1, 0.15) is 5.75 Å². The van der Waals surface area contributed by atoms with Gasteiger partial charge in [-0.1, -0.05) is 13.3 Å². The Morgan fingerprint density at radius 1 is 1.14 bits per heavy atom. The molecule has 0 aliphatic heterocycles. The summed E-state index contributed by atoms with van der Waals surface area (Å²) in [5, 5.41) is 9.82. The lowest BCUT2D eigenvalue weighted by molar-refractivity contribution is 0.465. The van der Waals surface area contributed by atoms with Gasteiger partial charge in [-0.25, -0.2) is 0 Å². The molecule has 0 aromatic heterocycles. The van der Waals surface area contributed by atoms with Crippen LogP contribution in [0, 0.1) is 20.8 Å². The fraction of sp³-hybridized carbons (Fsp3) is 0.538. The van der Waals surface area contributed by atoms with Crippen LogP contribution >= 0.6 is 0 Å². The number of hydrogen-bond donors (Lipinski definition) is 1. The summed E-state index contributed by atoms with van der Waals surface area (Å²) in [6.07, 6.45) is 3.32. The third-order valence-electron chi connectivity index (χ3n) is 3.05. The molecule has 0 fully saturated rings. The van der Waals surface area contributed by atoms with E-state index in [0.717, 1.165) is 18.4 Å². The second-order valence-corrected chi connectivity index (χ2v) is 4.04. The average molecular weight is 192 g/mol. The van der Waals surface area contributed by atoms with Crippen LogP contribution in [0.2, 0.25) is 0 Å². The number of unbranched alkanes of at least 4 members (excludes halogenated alkanes) is 1. The first-order chi connectivity index (χ1) is 6.57. The summed E-state index contributed by atoms with van der Waals surface area (Å²) in [5.74, 6) is 0.471. The van der Waals surface area contributed by atoms with E-state index in [-0.39, 0.29) is 0 Å². The molecule has 0 atom stereocenters. The van der Waals surface area contributed by atoms with Crippen LogP contribution in [0.3, 0.4) is 0 Å². The van der Waals surface area contributed by atoms with Crippen LogP contribution in [0.1, 0.15) is 42.0 Å². The molecule has 14 heavy (non-hydrogen) atoms. The lowest BCUT2D eigenvalue weighted by atomic mass is 9.94. The van der Waals surface area contributed by atoms with Gasteiger partial charge in [-0.2, -0.15) is 0 Å². The number of aromatic hydroxyl groups is 1. The molecule has 1 rings (SSSR count). The molecule has 1 aromatic carbocycles. The zero-order valence-corrected chi connectivity index (χ0v) is 9.65. The minimum Gasteiger partial charge on any atom is -0.508 e. The van der Waals surface area contributed by atoms with Gasteiger partial charge in [0, 0.05) is 0 Å². The minimum absolute atomic E-state index is 0.471. The summed E-state index contributed by atoms with van der Waals surface area (Å²) in [5.41, 5.74) is 4.89. The number of phenols is 1. The molecular formula is C13H20O. The Bertz CT molecular complexity index is 326. The standard InChI is InChI=1S/C13H20O/c1-5-6-7-12-11(4)10(3)9(2)8-13(12)14/h8,14H,5-7H2,1-4H3. The summed E-state index contributed by atoms with van der Waals surface area (Å²) in [4.78, 5) is 0. The Morgan fingerprint density at radius 3 is 2.36 bits per heavy atom. The van der Waals surface area contributed by atoms with Crippen molar-refractivity contribution in [3.05, 3.63) is 28.3 Å². The van der Waals surface area contributed by atoms with Gasteiger partial charge in [0.15, 0.2) is 0 Å². The first kappa shape index (κ1) is 11.1. The van der Waals surface area contributed by atoms with E-state index in [1.807, 2.05) is 13.0 Å². The van der Waals surface area contributed by atoms with Crippen LogP contribution in [0.25, 0.3) is 0 Å². The van der Waals surface area contributed by atoms with Crippen molar-refractivity contribution < 1.29 is 5.11 Å². The second kappa shape index (κ2) is 4.50. The summed E-state index contributed by atoms with van der Waals surface area (Å²) < 4.78 is 0. The van der Waals surface area contributed by atoms with E-state index < -0.39 is 0 Å². The molecule has 1 N–H and O–H groups in total. The molecule has 0 saturated heterocycles. The molecule has 0 heterocycles. The maximum absolute atomic E-state index is 9.82. The van der Waals surface area contributed by atoms with Crippen molar-refractivity contribution in [2.45, 2.75) is 47.0 Å². The first-order valence-electron chi connectivity index (χ1n) is 5.36. The van der Waals surface area contributed by atoms with Crippen molar-refractivity contribution >= 4 is 0 Å². The highest BCUT2D eigenvalue weighted by atomic mass is 16.3. The number of phenolic OH excluding ortho intramolecular Hbond substituents is 1. The summed E-state index contributed by atoms with van der Waals surface area (Å²) >= 11 is 0. The van der Waals surface area contributed by atoms with Gasteiger partial charge in [-0.3, -0.25) is 0 Å². The molecule has 0 saturated carbocycles. The summed E-state index contributed by atoms with van der Waals surface area (Å²) in [6.45, 7) is 8.45. The topological polar surface area (TPSA) is 20.2 Å². The van der Waals surface area contributed by atoms with Crippen molar-refractivity contribution in [2.24, 2.45) is 0 Å². The van der Waals surface area contributed by atoms with E-state index in [9.17, 15) is 5.11 Å². The number of hydrogen-bond acceptors (Lipinski definition) is 1. The van der Waals surface area contributed by atoms with E-state index in [4.69, 9.17) is 0 Å². The molecule has 0 amide bonds. The predicted octanol–water partition coefficient (Wildman–Crippen LogP) is 3.66. The third kappa shape index (κ3) is 2.09. The maximum atomic E-state index is 9.82. The van der Waals surface area contributed by atoms with Crippen molar-refractivity contribution in [1.82, 2.24) is 0 Å². The average Bonchev–Trinajstić information content (AvgIpc) is 2.14. The van der Waals surface area contributed by atoms with Crippen LogP contribution < -0.4 is 0 Å². The zero-order valence-electron chi connectivity index (χ0n) is 9.65. The molecule has 78 valence electrons. The van der Waals surface area contributed by atoms with Gasteiger partial charge in [-0.05, 0) is 61.9 Å². The van der Waals surface area contributed by atoms with Crippen molar-refractivity contribution in [3.63, 3.8) is 0 Å². The van der Waals surface area contributed by atoms with E-state index in [1.54, 1.807) is 0 Å². The van der Waals surface area contributed by atoms with Gasteiger partial charge in [0.2, 0.25) is 0 Å². The van der Waals surface area contributed by atoms with E-state index in [2.05, 4.69) is 20.8 Å². The molecule has 0 aliphatic rings. The summed E-state index contributed by atoms with van der Waals surface area (Å²) in [7, 11) is 0. The highest BCUT2D eigenvalue weighted by Gasteiger charge is 2.08. The zero-order chi connectivity index (χ0) is 10.7. The normalized spacial score (nSPS) is 10.6. The van der Waals surface area contributed by atoms with Crippen LogP contribution in [0.4, 0.5) is 0 Å². The van der Waals surface area contributed by atoms with E-state index >= 15 is 0 Å². The van der Waals surface area contributed by atoms with E-state index in [0.29, 0.717) is 5.75 Å². The van der Waals surface area contributed by atoms with Gasteiger partial charge < -0.3 is 5.11 Å². The van der Waals surface area contributed by atoms with Crippen molar-refractivity contribution in [1.29, 1.82) is 0 Å². The highest BCUT2D eigenvalue weighted by Crippen LogP contribution is 2.28. The maximum Gasteiger partial charge on any atom is 0.119 e. The second-order valence-electron chi connectivity index (χ2n) is 4.04. The van der Waals surface area contributed by atoms with Gasteiger partial charge in [0.25, 0.3) is 0 Å². The van der Waals surface area contributed by atoms with Gasteiger partial charge >= 0.3 is 0 Å². The molecule has 1 aromatic rings. The van der Waals surface area contributed by atoms with Crippen LogP contribution in [-0.2, 0) is 6.42 Å². The lowest BCUT2D eigenvalue weighted by Crippen LogP contribution is -1.96. The number of aryl methyl sites for hydroxylation is 1. The highest BCUT2D eigenvalue weighted by molar-refractivity contribution is 5.47. The van der Waals surface area contributed by atoms with Crippen LogP contribution in [0.15, 0.2) is 6.07 Å². The smallest absolute Gasteiger partial charge is 0.119 e. The Hall–Kier alpha value is -0.980. The molecule has 0 radical (unpaired) electrons. The fourth-order valence-electron chi connectivity index (χ4n) is 1.78. The number of benzene rings is 1. The molecule has 1 heteroatoms. The Kier molecular flexibility index (Phi) is 3.56. The fourth-order valence-corrected chi connectivity index (χ4v) is 1.78. The van der Waals surface area contributed by atoms with Crippen LogP contribution in [-0.4, -0.2) is 5.11 Å². The third-order valence-corrected chi connectivity index (χ3v) is 3.05. The SMILES string of the molecule is CCCCc1c(O)cc(C)c(C)c1C. The molecule has 1 nitrogen and oxygen atoms in total. The van der Waals surface area contributed by atoms with Gasteiger partial charge in [-0.15, -0.1) is 0 Å². The Morgan fingerprint density at radius 2 is 1.79 bits per heavy atom. The molecular weight excluding hydrogens is 172 g/mol. The van der Waals surface area contributed by atoms with Crippen molar-refractivity contribution in [3.8, 4) is 5.75 Å². The minimum atomic E-state index is 0.471. The largest absolute Gasteiger partial charge is 0.508 e. The Balaban J connectivity index is 3.09. The van der Waals surface area contributed by atoms with Gasteiger partial charge in [0.05, 0.1) is 0 Å². The van der Waals surface area contributed by atoms with Crippen LogP contribution in [0.5, 0.6) is 5.75 Å². The predicted molar refractivity (Wildman–Crippen MR) is 60.9 cm³/mol. The Labute approximate surface area is 86.8 Å². The van der Waals surface area contributed by atoms with Crippen molar-refractivity contribution in [2.75, 3.05) is 0 Å². The summed E-state index contributed by atoms with van der Waals surface area (Å²) in [6, 6.07) is 1.88. The monoisotopic (exact) mass is 192 g/mol. The quantitative estimate of drug-likeness (QED) is 0.775.